The van der Waals surface area contributed by atoms with E-state index < -0.39 is 6.10 Å². The average molecular weight is 853 g/mol. The van der Waals surface area contributed by atoms with Crippen molar-refractivity contribution in [2.24, 2.45) is 0 Å². The molecular formula is C55H96O6. The van der Waals surface area contributed by atoms with Crippen molar-refractivity contribution in [3.05, 3.63) is 60.8 Å². The van der Waals surface area contributed by atoms with Gasteiger partial charge in [-0.1, -0.05) is 223 Å². The highest BCUT2D eigenvalue weighted by atomic mass is 16.6. The first-order valence-corrected chi connectivity index (χ1v) is 25.8. The molecule has 0 bridgehead atoms. The summed E-state index contributed by atoms with van der Waals surface area (Å²) in [5, 5.41) is 0. The number of hydrogen-bond donors (Lipinski definition) is 0. The van der Waals surface area contributed by atoms with Crippen LogP contribution in [-0.4, -0.2) is 37.2 Å². The topological polar surface area (TPSA) is 78.9 Å². The van der Waals surface area contributed by atoms with Gasteiger partial charge in [-0.15, -0.1) is 0 Å². The number of rotatable bonds is 46. The first kappa shape index (κ1) is 58.1. The van der Waals surface area contributed by atoms with E-state index in [-0.39, 0.29) is 31.1 Å². The van der Waals surface area contributed by atoms with E-state index >= 15 is 0 Å². The molecule has 0 aromatic carbocycles. The highest BCUT2D eigenvalue weighted by Gasteiger charge is 2.19. The smallest absolute Gasteiger partial charge is 0.306 e. The minimum atomic E-state index is -0.785. The van der Waals surface area contributed by atoms with Gasteiger partial charge in [-0.3, -0.25) is 14.4 Å². The summed E-state index contributed by atoms with van der Waals surface area (Å²) in [6, 6.07) is 0. The lowest BCUT2D eigenvalue weighted by Gasteiger charge is -2.18. The molecule has 61 heavy (non-hydrogen) atoms. The monoisotopic (exact) mass is 853 g/mol. The van der Waals surface area contributed by atoms with Gasteiger partial charge in [0.25, 0.3) is 0 Å². The lowest BCUT2D eigenvalue weighted by molar-refractivity contribution is -0.167. The Morgan fingerprint density at radius 3 is 1.11 bits per heavy atom. The van der Waals surface area contributed by atoms with E-state index in [2.05, 4.69) is 81.5 Å². The van der Waals surface area contributed by atoms with Crippen LogP contribution in [0.25, 0.3) is 0 Å². The predicted octanol–water partition coefficient (Wildman–Crippen LogP) is 16.9. The Kier molecular flexibility index (Phi) is 47.4. The van der Waals surface area contributed by atoms with Crippen LogP contribution in [0.3, 0.4) is 0 Å². The molecule has 0 aliphatic rings. The van der Waals surface area contributed by atoms with Crippen LogP contribution >= 0.6 is 0 Å². The van der Waals surface area contributed by atoms with Gasteiger partial charge in [0.1, 0.15) is 13.2 Å². The zero-order chi connectivity index (χ0) is 44.4. The van der Waals surface area contributed by atoms with Crippen LogP contribution in [0.4, 0.5) is 0 Å². The van der Waals surface area contributed by atoms with Gasteiger partial charge in [0.2, 0.25) is 0 Å². The van der Waals surface area contributed by atoms with Crippen LogP contribution in [0.5, 0.6) is 0 Å². The summed E-state index contributed by atoms with van der Waals surface area (Å²) >= 11 is 0. The minimum Gasteiger partial charge on any atom is -0.462 e. The van der Waals surface area contributed by atoms with Crippen molar-refractivity contribution in [3.8, 4) is 0 Å². The third-order valence-corrected chi connectivity index (χ3v) is 11.1. The van der Waals surface area contributed by atoms with Gasteiger partial charge >= 0.3 is 17.9 Å². The summed E-state index contributed by atoms with van der Waals surface area (Å²) in [5.41, 5.74) is 0. The van der Waals surface area contributed by atoms with E-state index in [4.69, 9.17) is 14.2 Å². The van der Waals surface area contributed by atoms with E-state index in [0.717, 1.165) is 109 Å². The fraction of sp³-hybridized carbons (Fsp3) is 0.764. The maximum absolute atomic E-state index is 12.8. The minimum absolute atomic E-state index is 0.0869. The Morgan fingerprint density at radius 1 is 0.361 bits per heavy atom. The molecule has 352 valence electrons. The summed E-state index contributed by atoms with van der Waals surface area (Å²) in [5.74, 6) is -0.915. The Balaban J connectivity index is 4.40. The molecule has 0 aliphatic carbocycles. The third-order valence-electron chi connectivity index (χ3n) is 11.1. The molecule has 0 amide bonds. The molecule has 0 saturated carbocycles. The molecule has 0 N–H and O–H groups in total. The number of hydrogen-bond acceptors (Lipinski definition) is 6. The summed E-state index contributed by atoms with van der Waals surface area (Å²) in [7, 11) is 0. The molecule has 6 heteroatoms. The highest BCUT2D eigenvalue weighted by Crippen LogP contribution is 2.15. The standard InChI is InChI=1S/C55H96O6/c1-4-7-10-13-16-19-22-25-26-27-28-29-31-33-36-39-42-45-48-54(57)60-51-52(50-59-53(56)47-44-41-38-35-32-24-21-18-15-12-9-6-3)61-55(58)49-46-43-40-37-34-30-23-20-17-14-11-8-5-2/h9,12,18,21-22,25-29,52H,4-8,10-11,13-17,19-20,23-24,30-51H2,1-3H3/b12-9-,21-18-,25-22-,27-26-,29-28-. The molecule has 0 saturated heterocycles. The van der Waals surface area contributed by atoms with Gasteiger partial charge < -0.3 is 14.2 Å². The average Bonchev–Trinajstić information content (AvgIpc) is 3.26. The predicted molar refractivity (Wildman–Crippen MR) is 261 cm³/mol. The van der Waals surface area contributed by atoms with Crippen molar-refractivity contribution in [2.45, 2.75) is 258 Å². The summed E-state index contributed by atoms with van der Waals surface area (Å²) in [6.07, 6.45) is 60.6. The molecule has 1 unspecified atom stereocenters. The van der Waals surface area contributed by atoms with Crippen LogP contribution in [0.2, 0.25) is 0 Å². The maximum atomic E-state index is 12.8. The fourth-order valence-corrected chi connectivity index (χ4v) is 7.19. The molecule has 0 aromatic heterocycles. The zero-order valence-electron chi connectivity index (χ0n) is 40.2. The molecule has 0 fully saturated rings. The van der Waals surface area contributed by atoms with Crippen LogP contribution in [-0.2, 0) is 28.6 Å². The first-order chi connectivity index (χ1) is 30.0. The number of unbranched alkanes of at least 4 members (excludes halogenated alkanes) is 27. The van der Waals surface area contributed by atoms with Crippen molar-refractivity contribution in [2.75, 3.05) is 13.2 Å². The molecule has 0 heterocycles. The first-order valence-electron chi connectivity index (χ1n) is 25.8. The van der Waals surface area contributed by atoms with Gasteiger partial charge in [0.05, 0.1) is 0 Å². The molecule has 0 spiro atoms. The number of carbonyl (C=O) groups excluding carboxylic acids is 3. The van der Waals surface area contributed by atoms with E-state index in [1.165, 1.54) is 103 Å². The number of esters is 3. The quantitative estimate of drug-likeness (QED) is 0.0200. The van der Waals surface area contributed by atoms with Gasteiger partial charge in [0, 0.05) is 19.3 Å². The largest absolute Gasteiger partial charge is 0.462 e. The Bertz CT molecular complexity index is 1120. The maximum Gasteiger partial charge on any atom is 0.306 e. The zero-order valence-corrected chi connectivity index (χ0v) is 40.2. The lowest BCUT2D eigenvalue weighted by atomic mass is 10.0. The number of ether oxygens (including phenoxy) is 3. The van der Waals surface area contributed by atoms with Crippen LogP contribution < -0.4 is 0 Å². The van der Waals surface area contributed by atoms with E-state index in [1.54, 1.807) is 0 Å². The lowest BCUT2D eigenvalue weighted by Crippen LogP contribution is -2.30. The van der Waals surface area contributed by atoms with Crippen molar-refractivity contribution in [1.29, 1.82) is 0 Å². The van der Waals surface area contributed by atoms with Crippen molar-refractivity contribution in [1.82, 2.24) is 0 Å². The van der Waals surface area contributed by atoms with Crippen LogP contribution in [0, 0.1) is 0 Å². The van der Waals surface area contributed by atoms with Crippen molar-refractivity contribution in [3.63, 3.8) is 0 Å². The molecular weight excluding hydrogens is 757 g/mol. The van der Waals surface area contributed by atoms with Crippen molar-refractivity contribution >= 4 is 17.9 Å². The Hall–Kier alpha value is -2.89. The van der Waals surface area contributed by atoms with Gasteiger partial charge in [-0.05, 0) is 70.6 Å². The fourth-order valence-electron chi connectivity index (χ4n) is 7.19. The summed E-state index contributed by atoms with van der Waals surface area (Å²) in [4.78, 5) is 37.9. The molecule has 0 aromatic rings. The normalized spacial score (nSPS) is 12.5. The second kappa shape index (κ2) is 49.8. The summed E-state index contributed by atoms with van der Waals surface area (Å²) < 4.78 is 16.8. The molecule has 0 aliphatic heterocycles. The highest BCUT2D eigenvalue weighted by molar-refractivity contribution is 5.71. The second-order valence-corrected chi connectivity index (χ2v) is 17.1. The molecule has 0 radical (unpaired) electrons. The molecule has 6 nitrogen and oxygen atoms in total. The Labute approximate surface area is 377 Å². The van der Waals surface area contributed by atoms with Gasteiger partial charge in [-0.2, -0.15) is 0 Å². The van der Waals surface area contributed by atoms with Crippen LogP contribution in [0.15, 0.2) is 60.8 Å². The van der Waals surface area contributed by atoms with E-state index in [1.807, 2.05) is 0 Å². The molecule has 0 rings (SSSR count). The van der Waals surface area contributed by atoms with Crippen molar-refractivity contribution < 1.29 is 28.6 Å². The van der Waals surface area contributed by atoms with E-state index in [0.29, 0.717) is 19.3 Å². The number of allylic oxidation sites excluding steroid dienone is 10. The van der Waals surface area contributed by atoms with Gasteiger partial charge in [-0.25, -0.2) is 0 Å². The summed E-state index contributed by atoms with van der Waals surface area (Å²) in [6.45, 7) is 6.49. The Morgan fingerprint density at radius 2 is 0.705 bits per heavy atom. The SMILES string of the molecule is CC/C=C\C/C=C\CCCCCCCC(=O)OCC(COC(=O)CCCCCCC\C=C/C=C\C=C/CCCCCCC)OC(=O)CCCCCCCCCCCCCCC. The third kappa shape index (κ3) is 48.0. The number of carbonyl (C=O) groups is 3. The van der Waals surface area contributed by atoms with E-state index in [9.17, 15) is 14.4 Å². The van der Waals surface area contributed by atoms with Crippen LogP contribution in [0.1, 0.15) is 252 Å². The van der Waals surface area contributed by atoms with Gasteiger partial charge in [0.15, 0.2) is 6.10 Å². The molecule has 1 atom stereocenters. The second-order valence-electron chi connectivity index (χ2n) is 17.1.